The summed E-state index contributed by atoms with van der Waals surface area (Å²) < 4.78 is 8.11. The Morgan fingerprint density at radius 3 is 2.46 bits per heavy atom. The van der Waals surface area contributed by atoms with Crippen LogP contribution in [0.3, 0.4) is 0 Å². The van der Waals surface area contributed by atoms with Crippen LogP contribution in [-0.2, 0) is 12.1 Å². The number of hydrogen-bond acceptors (Lipinski definition) is 5. The van der Waals surface area contributed by atoms with Crippen LogP contribution in [0.1, 0.15) is 44.0 Å². The van der Waals surface area contributed by atoms with Crippen molar-refractivity contribution in [3.8, 4) is 0 Å². The molecule has 2 heterocycles. The molecule has 6 nitrogen and oxygen atoms in total. The van der Waals surface area contributed by atoms with E-state index in [4.69, 9.17) is 4.42 Å². The van der Waals surface area contributed by atoms with Crippen LogP contribution in [0, 0.1) is 0 Å². The lowest BCUT2D eigenvalue weighted by atomic mass is 10.1. The maximum atomic E-state index is 6.23. The molecule has 0 radical (unpaired) electrons. The maximum absolute atomic E-state index is 6.23. The molecule has 0 fully saturated rings. The highest BCUT2D eigenvalue weighted by atomic mass is 16.3. The lowest BCUT2D eigenvalue weighted by molar-refractivity contribution is 0.214. The first-order valence-corrected chi connectivity index (χ1v) is 9.45. The molecule has 4 rings (SSSR count). The molecule has 0 saturated carbocycles. The van der Waals surface area contributed by atoms with Gasteiger partial charge in [-0.25, -0.2) is 4.68 Å². The van der Waals surface area contributed by atoms with Gasteiger partial charge in [0.15, 0.2) is 5.82 Å². The summed E-state index contributed by atoms with van der Waals surface area (Å²) in [5, 5.41) is 13.7. The third-order valence-corrected chi connectivity index (χ3v) is 4.80. The Kier molecular flexibility index (Phi) is 4.73. The van der Waals surface area contributed by atoms with E-state index >= 15 is 0 Å². The van der Waals surface area contributed by atoms with Crippen LogP contribution in [0.4, 0.5) is 0 Å². The van der Waals surface area contributed by atoms with E-state index < -0.39 is 0 Å². The van der Waals surface area contributed by atoms with E-state index in [2.05, 4.69) is 84.6 Å². The predicted molar refractivity (Wildman–Crippen MR) is 109 cm³/mol. The molecule has 0 aliphatic heterocycles. The van der Waals surface area contributed by atoms with E-state index in [0.717, 1.165) is 29.1 Å². The Hall–Kier alpha value is -2.99. The molecule has 0 aliphatic carbocycles. The van der Waals surface area contributed by atoms with Gasteiger partial charge < -0.3 is 4.42 Å². The maximum Gasteiger partial charge on any atom is 0.176 e. The largest absolute Gasteiger partial charge is 0.459 e. The van der Waals surface area contributed by atoms with Crippen molar-refractivity contribution in [3.05, 3.63) is 77.8 Å². The van der Waals surface area contributed by atoms with Gasteiger partial charge in [-0.05, 0) is 55.9 Å². The van der Waals surface area contributed by atoms with Crippen molar-refractivity contribution in [1.82, 2.24) is 25.1 Å². The Morgan fingerprint density at radius 1 is 1.04 bits per heavy atom. The standard InChI is InChI=1S/C22H25N5O/c1-22(2,3)27-21(23-24-25-27)20(26(4)15-16-10-6-5-7-11-16)19-14-17-12-8-9-13-18(17)28-19/h5-14,20H,15H2,1-4H3. The van der Waals surface area contributed by atoms with E-state index in [9.17, 15) is 0 Å². The Labute approximate surface area is 164 Å². The fraction of sp³-hybridized carbons (Fsp3) is 0.318. The van der Waals surface area contributed by atoms with Crippen molar-refractivity contribution in [2.75, 3.05) is 7.05 Å². The summed E-state index contributed by atoms with van der Waals surface area (Å²) in [6.07, 6.45) is 0. The SMILES string of the molecule is CN(Cc1ccccc1)C(c1cc2ccccc2o1)c1nnnn1C(C)(C)C. The van der Waals surface area contributed by atoms with Crippen molar-refractivity contribution in [2.45, 2.75) is 38.9 Å². The molecule has 4 aromatic rings. The summed E-state index contributed by atoms with van der Waals surface area (Å²) in [6, 6.07) is 20.3. The average molecular weight is 375 g/mol. The van der Waals surface area contributed by atoms with E-state index in [1.54, 1.807) is 0 Å². The summed E-state index contributed by atoms with van der Waals surface area (Å²) in [7, 11) is 2.08. The number of benzene rings is 2. The lowest BCUT2D eigenvalue weighted by Gasteiger charge is -2.28. The van der Waals surface area contributed by atoms with E-state index in [1.165, 1.54) is 5.56 Å². The van der Waals surface area contributed by atoms with Gasteiger partial charge in [0.1, 0.15) is 17.4 Å². The monoisotopic (exact) mass is 375 g/mol. The molecule has 0 N–H and O–H groups in total. The van der Waals surface area contributed by atoms with Gasteiger partial charge in [0.05, 0.1) is 5.54 Å². The third kappa shape index (κ3) is 3.55. The number of rotatable bonds is 5. The van der Waals surface area contributed by atoms with Crippen LogP contribution < -0.4 is 0 Å². The average Bonchev–Trinajstić information content (AvgIpc) is 3.29. The first-order valence-electron chi connectivity index (χ1n) is 9.45. The third-order valence-electron chi connectivity index (χ3n) is 4.80. The normalized spacial score (nSPS) is 13.3. The van der Waals surface area contributed by atoms with Crippen molar-refractivity contribution in [2.24, 2.45) is 0 Å². The molecule has 1 atom stereocenters. The smallest absolute Gasteiger partial charge is 0.176 e. The van der Waals surface area contributed by atoms with Crippen LogP contribution in [0.5, 0.6) is 0 Å². The number of nitrogens with zero attached hydrogens (tertiary/aromatic N) is 5. The summed E-state index contributed by atoms with van der Waals surface area (Å²) in [4.78, 5) is 2.22. The van der Waals surface area contributed by atoms with Crippen molar-refractivity contribution in [1.29, 1.82) is 0 Å². The van der Waals surface area contributed by atoms with Crippen LogP contribution in [0.2, 0.25) is 0 Å². The fourth-order valence-corrected chi connectivity index (χ4v) is 3.48. The van der Waals surface area contributed by atoms with Gasteiger partial charge in [-0.15, -0.1) is 5.10 Å². The van der Waals surface area contributed by atoms with Crippen LogP contribution in [-0.4, -0.2) is 32.2 Å². The van der Waals surface area contributed by atoms with Crippen LogP contribution in [0.15, 0.2) is 65.1 Å². The van der Waals surface area contributed by atoms with Gasteiger partial charge in [0, 0.05) is 11.9 Å². The molecule has 2 aromatic heterocycles. The number of furan rings is 1. The van der Waals surface area contributed by atoms with Gasteiger partial charge >= 0.3 is 0 Å². The number of para-hydroxylation sites is 1. The van der Waals surface area contributed by atoms with Crippen molar-refractivity contribution >= 4 is 11.0 Å². The van der Waals surface area contributed by atoms with Gasteiger partial charge in [-0.2, -0.15) is 0 Å². The van der Waals surface area contributed by atoms with Crippen molar-refractivity contribution < 1.29 is 4.42 Å². The van der Waals surface area contributed by atoms with Gasteiger partial charge in [0.2, 0.25) is 0 Å². The molecular weight excluding hydrogens is 350 g/mol. The first-order chi connectivity index (χ1) is 13.4. The number of fused-ring (bicyclic) bond motifs is 1. The van der Waals surface area contributed by atoms with Gasteiger partial charge in [-0.1, -0.05) is 48.5 Å². The minimum absolute atomic E-state index is 0.207. The second-order valence-electron chi connectivity index (χ2n) is 8.11. The van der Waals surface area contributed by atoms with E-state index in [-0.39, 0.29) is 11.6 Å². The molecule has 1 unspecified atom stereocenters. The van der Waals surface area contributed by atoms with Gasteiger partial charge in [0.25, 0.3) is 0 Å². The second kappa shape index (κ2) is 7.20. The van der Waals surface area contributed by atoms with Crippen molar-refractivity contribution in [3.63, 3.8) is 0 Å². The minimum atomic E-state index is -0.239. The predicted octanol–water partition coefficient (Wildman–Crippen LogP) is 4.40. The fourth-order valence-electron chi connectivity index (χ4n) is 3.48. The number of aromatic nitrogens is 4. The highest BCUT2D eigenvalue weighted by Crippen LogP contribution is 2.33. The molecule has 0 aliphatic rings. The van der Waals surface area contributed by atoms with Crippen LogP contribution in [0.25, 0.3) is 11.0 Å². The van der Waals surface area contributed by atoms with E-state index in [1.807, 2.05) is 28.9 Å². The zero-order valence-corrected chi connectivity index (χ0v) is 16.7. The molecule has 2 aromatic carbocycles. The second-order valence-corrected chi connectivity index (χ2v) is 8.11. The number of hydrogen-bond donors (Lipinski definition) is 0. The van der Waals surface area contributed by atoms with Crippen LogP contribution >= 0.6 is 0 Å². The molecule has 0 spiro atoms. The molecule has 144 valence electrons. The molecule has 6 heteroatoms. The molecule has 0 saturated heterocycles. The topological polar surface area (TPSA) is 60.0 Å². The quantitative estimate of drug-likeness (QED) is 0.517. The highest BCUT2D eigenvalue weighted by Gasteiger charge is 2.32. The van der Waals surface area contributed by atoms with Gasteiger partial charge in [-0.3, -0.25) is 4.90 Å². The Balaban J connectivity index is 1.80. The summed E-state index contributed by atoms with van der Waals surface area (Å²) >= 11 is 0. The zero-order valence-electron chi connectivity index (χ0n) is 16.7. The Morgan fingerprint density at radius 2 is 1.75 bits per heavy atom. The molecule has 0 amide bonds. The zero-order chi connectivity index (χ0) is 19.7. The van der Waals surface area contributed by atoms with E-state index in [0.29, 0.717) is 0 Å². The summed E-state index contributed by atoms with van der Waals surface area (Å²) in [5.41, 5.74) is 1.85. The first kappa shape index (κ1) is 18.4. The molecule has 0 bridgehead atoms. The summed E-state index contributed by atoms with van der Waals surface area (Å²) in [5.74, 6) is 1.60. The minimum Gasteiger partial charge on any atom is -0.459 e. The Bertz CT molecular complexity index is 1030. The summed E-state index contributed by atoms with van der Waals surface area (Å²) in [6.45, 7) is 7.04. The molecular formula is C22H25N5O. The lowest BCUT2D eigenvalue weighted by Crippen LogP contribution is -2.32. The number of tetrazole rings is 1. The molecule has 28 heavy (non-hydrogen) atoms. The highest BCUT2D eigenvalue weighted by molar-refractivity contribution is 5.77.